The molecule has 0 aliphatic rings. The Hall–Kier alpha value is -3.18. The average molecular weight is 805 g/mol. The first-order valence-electron chi connectivity index (χ1n) is 23.8. The summed E-state index contributed by atoms with van der Waals surface area (Å²) in [6, 6.07) is 0. The van der Waals surface area contributed by atoms with Gasteiger partial charge in [0.25, 0.3) is 0 Å². The summed E-state index contributed by atoms with van der Waals surface area (Å²) in [7, 11) is 0. The number of hydrogen-bond acceptors (Lipinski definition) is 5. The van der Waals surface area contributed by atoms with Crippen molar-refractivity contribution in [1.82, 2.24) is 0 Å². The third-order valence-electron chi connectivity index (χ3n) is 9.64. The number of ether oxygens (including phenoxy) is 3. The zero-order valence-electron chi connectivity index (χ0n) is 37.8. The molecule has 58 heavy (non-hydrogen) atoms. The van der Waals surface area contributed by atoms with Crippen LogP contribution in [0.4, 0.5) is 0 Å². The zero-order valence-corrected chi connectivity index (χ0v) is 37.8. The van der Waals surface area contributed by atoms with Crippen LogP contribution in [-0.2, 0) is 23.8 Å². The van der Waals surface area contributed by atoms with Gasteiger partial charge < -0.3 is 14.2 Å². The molecule has 0 aliphatic heterocycles. The second-order valence-electron chi connectivity index (χ2n) is 15.3. The first-order chi connectivity index (χ1) is 28.6. The van der Waals surface area contributed by atoms with Crippen molar-refractivity contribution >= 4 is 11.9 Å². The molecule has 0 amide bonds. The summed E-state index contributed by atoms with van der Waals surface area (Å²) in [5.74, 6) is -0.564. The van der Waals surface area contributed by atoms with E-state index in [1.54, 1.807) is 0 Å². The van der Waals surface area contributed by atoms with Crippen molar-refractivity contribution in [3.8, 4) is 0 Å². The molecule has 0 rings (SSSR count). The van der Waals surface area contributed by atoms with Crippen LogP contribution in [0.5, 0.6) is 0 Å². The molecule has 0 aliphatic carbocycles. The van der Waals surface area contributed by atoms with E-state index >= 15 is 0 Å². The number of carbonyl (C=O) groups excluding carboxylic acids is 2. The quantitative estimate of drug-likeness (QED) is 0.0349. The van der Waals surface area contributed by atoms with Gasteiger partial charge in [-0.3, -0.25) is 9.59 Å². The molecule has 330 valence electrons. The number of unbranched alkanes of at least 4 members (excludes halogenated alkanes) is 16. The summed E-state index contributed by atoms with van der Waals surface area (Å²) in [4.78, 5) is 25.2. The van der Waals surface area contributed by atoms with Gasteiger partial charge in [-0.05, 0) is 83.5 Å². The van der Waals surface area contributed by atoms with Gasteiger partial charge >= 0.3 is 11.9 Å². The fourth-order valence-electron chi connectivity index (χ4n) is 6.12. The maximum Gasteiger partial charge on any atom is 0.310 e. The number of hydrogen-bond donors (Lipinski definition) is 0. The molecular formula is C53H88O5. The highest BCUT2D eigenvalue weighted by molar-refractivity contribution is 5.71. The number of carbonyl (C=O) groups is 2. The third-order valence-corrected chi connectivity index (χ3v) is 9.64. The Labute approximate surface area is 358 Å². The summed E-state index contributed by atoms with van der Waals surface area (Å²) in [6.45, 7) is 7.53. The van der Waals surface area contributed by atoms with E-state index in [9.17, 15) is 9.59 Å². The SMILES string of the molecule is CC/C=C\C/C=C\C/C=C\C/C=C\C/C=C\CC(=O)OC(COCCCCCCCCCC)COC(=O)CCCCCCCC/C=C\C/C=C\C/C=C\CCCCC. The monoisotopic (exact) mass is 805 g/mol. The van der Waals surface area contributed by atoms with E-state index in [0.29, 0.717) is 13.0 Å². The maximum absolute atomic E-state index is 12.7. The lowest BCUT2D eigenvalue weighted by molar-refractivity contribution is -0.162. The molecule has 0 N–H and O–H groups in total. The van der Waals surface area contributed by atoms with Gasteiger partial charge in [0.2, 0.25) is 0 Å². The number of esters is 2. The van der Waals surface area contributed by atoms with E-state index in [4.69, 9.17) is 14.2 Å². The van der Waals surface area contributed by atoms with Gasteiger partial charge in [0.15, 0.2) is 6.10 Å². The van der Waals surface area contributed by atoms with Gasteiger partial charge in [0.05, 0.1) is 13.0 Å². The van der Waals surface area contributed by atoms with Crippen molar-refractivity contribution in [2.24, 2.45) is 0 Å². The van der Waals surface area contributed by atoms with Gasteiger partial charge in [-0.25, -0.2) is 0 Å². The molecule has 1 atom stereocenters. The Balaban J connectivity index is 4.33. The molecule has 0 saturated carbocycles. The Morgan fingerprint density at radius 1 is 0.414 bits per heavy atom. The molecule has 0 aromatic heterocycles. The molecule has 0 aromatic carbocycles. The van der Waals surface area contributed by atoms with Crippen molar-refractivity contribution in [2.75, 3.05) is 19.8 Å². The third kappa shape index (κ3) is 45.5. The highest BCUT2D eigenvalue weighted by Gasteiger charge is 2.17. The van der Waals surface area contributed by atoms with E-state index in [1.807, 2.05) is 12.2 Å². The predicted molar refractivity (Wildman–Crippen MR) is 251 cm³/mol. The van der Waals surface area contributed by atoms with Crippen LogP contribution in [0.25, 0.3) is 0 Å². The minimum atomic E-state index is -0.597. The molecule has 0 radical (unpaired) electrons. The Kier molecular flexibility index (Phi) is 45.5. The Bertz CT molecular complexity index is 1140. The second-order valence-corrected chi connectivity index (χ2v) is 15.3. The lowest BCUT2D eigenvalue weighted by Crippen LogP contribution is -2.29. The summed E-state index contributed by atoms with van der Waals surface area (Å²) < 4.78 is 17.2. The highest BCUT2D eigenvalue weighted by Crippen LogP contribution is 2.12. The normalized spacial score (nSPS) is 13.1. The van der Waals surface area contributed by atoms with E-state index < -0.39 is 6.10 Å². The molecule has 5 nitrogen and oxygen atoms in total. The van der Waals surface area contributed by atoms with Crippen molar-refractivity contribution in [3.63, 3.8) is 0 Å². The minimum absolute atomic E-state index is 0.0349. The topological polar surface area (TPSA) is 61.8 Å². The van der Waals surface area contributed by atoms with Crippen LogP contribution in [0.15, 0.2) is 97.2 Å². The molecule has 0 saturated heterocycles. The van der Waals surface area contributed by atoms with Gasteiger partial charge in [0, 0.05) is 13.0 Å². The molecule has 0 aromatic rings. The van der Waals surface area contributed by atoms with Gasteiger partial charge in [0.1, 0.15) is 6.61 Å². The van der Waals surface area contributed by atoms with Crippen LogP contribution in [0.2, 0.25) is 0 Å². The standard InChI is InChI=1S/C53H88O5/c1-4-7-10-13-16-19-21-23-25-26-27-28-30-31-33-35-37-40-43-46-52(54)57-50-51(49-56-48-45-42-39-18-15-12-9-6-3)58-53(55)47-44-41-38-36-34-32-29-24-22-20-17-14-11-8-5-2/h8,11,16-17,19-20,23-25,27-29,34,36,41,44,51H,4-7,9-10,12-15,18,21-22,26,30-33,35,37-40,42-43,45-50H2,1-3H3/b11-8-,19-16-,20-17-,25-23-,28-27-,29-24-,36-34-,44-41-. The Morgan fingerprint density at radius 2 is 0.828 bits per heavy atom. The first-order valence-corrected chi connectivity index (χ1v) is 23.8. The molecule has 1 unspecified atom stereocenters. The molecule has 0 fully saturated rings. The van der Waals surface area contributed by atoms with E-state index in [2.05, 4.69) is 106 Å². The van der Waals surface area contributed by atoms with Crippen LogP contribution in [0.3, 0.4) is 0 Å². The first kappa shape index (κ1) is 54.8. The molecule has 0 bridgehead atoms. The fourth-order valence-corrected chi connectivity index (χ4v) is 6.12. The Morgan fingerprint density at radius 3 is 1.36 bits per heavy atom. The van der Waals surface area contributed by atoms with Gasteiger partial charge in [-0.1, -0.05) is 201 Å². The summed E-state index contributed by atoms with van der Waals surface area (Å²) in [5, 5.41) is 0. The van der Waals surface area contributed by atoms with Crippen molar-refractivity contribution in [3.05, 3.63) is 97.2 Å². The maximum atomic E-state index is 12.7. The van der Waals surface area contributed by atoms with Gasteiger partial charge in [-0.15, -0.1) is 0 Å². The summed E-state index contributed by atoms with van der Waals surface area (Å²) >= 11 is 0. The molecular weight excluding hydrogens is 717 g/mol. The largest absolute Gasteiger partial charge is 0.462 e. The second kappa shape index (κ2) is 48.2. The minimum Gasteiger partial charge on any atom is -0.462 e. The predicted octanol–water partition coefficient (Wildman–Crippen LogP) is 15.9. The lowest BCUT2D eigenvalue weighted by atomic mass is 10.1. The summed E-state index contributed by atoms with van der Waals surface area (Å²) in [5.41, 5.74) is 0. The lowest BCUT2D eigenvalue weighted by Gasteiger charge is -2.18. The van der Waals surface area contributed by atoms with Gasteiger partial charge in [-0.2, -0.15) is 0 Å². The number of rotatable bonds is 42. The smallest absolute Gasteiger partial charge is 0.310 e. The van der Waals surface area contributed by atoms with Crippen molar-refractivity contribution in [2.45, 2.75) is 207 Å². The summed E-state index contributed by atoms with van der Waals surface area (Å²) in [6.07, 6.45) is 64.3. The molecule has 5 heteroatoms. The fraction of sp³-hybridized carbons (Fsp3) is 0.660. The number of allylic oxidation sites excluding steroid dienone is 15. The van der Waals surface area contributed by atoms with E-state index in [-0.39, 0.29) is 31.6 Å². The average Bonchev–Trinajstić information content (AvgIpc) is 3.22. The van der Waals surface area contributed by atoms with E-state index in [1.165, 1.54) is 83.5 Å². The van der Waals surface area contributed by atoms with Crippen molar-refractivity contribution in [1.29, 1.82) is 0 Å². The molecule has 0 heterocycles. The van der Waals surface area contributed by atoms with Crippen LogP contribution in [0.1, 0.15) is 201 Å². The highest BCUT2D eigenvalue weighted by atomic mass is 16.6. The van der Waals surface area contributed by atoms with Crippen LogP contribution in [-0.4, -0.2) is 37.9 Å². The van der Waals surface area contributed by atoms with Crippen molar-refractivity contribution < 1.29 is 23.8 Å². The van der Waals surface area contributed by atoms with Crippen LogP contribution < -0.4 is 0 Å². The van der Waals surface area contributed by atoms with E-state index in [0.717, 1.165) is 83.5 Å². The van der Waals surface area contributed by atoms with Crippen LogP contribution >= 0.6 is 0 Å². The molecule has 0 spiro atoms. The zero-order chi connectivity index (χ0) is 42.1. The van der Waals surface area contributed by atoms with Crippen LogP contribution in [0, 0.1) is 0 Å².